The molecule has 0 bridgehead atoms. The average Bonchev–Trinajstić information content (AvgIpc) is 3.29. The number of hydrogen-bond acceptors (Lipinski definition) is 6. The molecule has 10 nitrogen and oxygen atoms in total. The lowest BCUT2D eigenvalue weighted by atomic mass is 10.2. The zero-order chi connectivity index (χ0) is 19.8. The highest BCUT2D eigenvalue weighted by Crippen LogP contribution is 2.16. The molecule has 2 aliphatic rings. The van der Waals surface area contributed by atoms with Crippen molar-refractivity contribution in [3.63, 3.8) is 0 Å². The summed E-state index contributed by atoms with van der Waals surface area (Å²) < 4.78 is 5.50. The lowest BCUT2D eigenvalue weighted by Gasteiger charge is -2.37. The summed E-state index contributed by atoms with van der Waals surface area (Å²) in [6.07, 6.45) is 5.96. The molecular weight excluding hydrogens is 362 g/mol. The predicted molar refractivity (Wildman–Crippen MR) is 103 cm³/mol. The lowest BCUT2D eigenvalue weighted by molar-refractivity contribution is -0.142. The van der Waals surface area contributed by atoms with Crippen molar-refractivity contribution in [2.75, 3.05) is 52.9 Å². The third-order valence-electron chi connectivity index (χ3n) is 4.80. The Bertz CT molecular complexity index is 684. The predicted octanol–water partition coefficient (Wildman–Crippen LogP) is -0.895. The molecule has 2 N–H and O–H groups in total. The number of hydrogen-bond donors (Lipinski definition) is 2. The van der Waals surface area contributed by atoms with Crippen LogP contribution in [0, 0.1) is 0 Å². The number of amides is 2. The largest absolute Gasteiger partial charge is 0.368 e. The van der Waals surface area contributed by atoms with Gasteiger partial charge in [0.1, 0.15) is 11.8 Å². The van der Waals surface area contributed by atoms with Crippen LogP contribution in [0.5, 0.6) is 0 Å². The summed E-state index contributed by atoms with van der Waals surface area (Å²) in [5, 5.41) is 6.03. The summed E-state index contributed by atoms with van der Waals surface area (Å²) in [5.41, 5.74) is 0.291. The quantitative estimate of drug-likeness (QED) is 0.381. The van der Waals surface area contributed by atoms with Gasteiger partial charge in [0, 0.05) is 65.3 Å². The van der Waals surface area contributed by atoms with Crippen LogP contribution >= 0.6 is 0 Å². The zero-order valence-corrected chi connectivity index (χ0v) is 16.1. The second kappa shape index (κ2) is 9.98. The number of carbonyl (C=O) groups is 2. The zero-order valence-electron chi connectivity index (χ0n) is 16.1. The molecular formula is C18H27N7O3. The number of aromatic nitrogens is 2. The van der Waals surface area contributed by atoms with Crippen molar-refractivity contribution >= 4 is 17.8 Å². The Morgan fingerprint density at radius 1 is 1.18 bits per heavy atom. The molecule has 152 valence electrons. The van der Waals surface area contributed by atoms with E-state index < -0.39 is 0 Å². The Morgan fingerprint density at radius 2 is 1.93 bits per heavy atom. The normalized spacial score (nSPS) is 20.2. The van der Waals surface area contributed by atoms with Gasteiger partial charge in [-0.25, -0.2) is 4.98 Å². The molecule has 1 aromatic heterocycles. The van der Waals surface area contributed by atoms with Gasteiger partial charge >= 0.3 is 0 Å². The highest BCUT2D eigenvalue weighted by molar-refractivity contribution is 5.91. The molecule has 1 unspecified atom stereocenters. The van der Waals surface area contributed by atoms with Gasteiger partial charge in [-0.3, -0.25) is 19.6 Å². The molecule has 2 fully saturated rings. The van der Waals surface area contributed by atoms with Gasteiger partial charge < -0.3 is 25.2 Å². The van der Waals surface area contributed by atoms with Crippen LogP contribution in [0.1, 0.15) is 23.3 Å². The molecule has 1 atom stereocenters. The van der Waals surface area contributed by atoms with E-state index in [1.54, 1.807) is 7.05 Å². The minimum atomic E-state index is -0.262. The second-order valence-electron chi connectivity index (χ2n) is 6.63. The fourth-order valence-electron chi connectivity index (χ4n) is 3.30. The van der Waals surface area contributed by atoms with Crippen LogP contribution in [0.4, 0.5) is 0 Å². The number of rotatable bonds is 5. The van der Waals surface area contributed by atoms with E-state index >= 15 is 0 Å². The van der Waals surface area contributed by atoms with Gasteiger partial charge in [-0.15, -0.1) is 0 Å². The number of guanidine groups is 1. The van der Waals surface area contributed by atoms with E-state index in [4.69, 9.17) is 4.74 Å². The van der Waals surface area contributed by atoms with Gasteiger partial charge in [-0.1, -0.05) is 0 Å². The van der Waals surface area contributed by atoms with Crippen LogP contribution in [0.2, 0.25) is 0 Å². The Morgan fingerprint density at radius 3 is 2.57 bits per heavy atom. The van der Waals surface area contributed by atoms with Crippen LogP contribution in [0.15, 0.2) is 23.6 Å². The second-order valence-corrected chi connectivity index (χ2v) is 6.63. The van der Waals surface area contributed by atoms with Gasteiger partial charge in [0.2, 0.25) is 0 Å². The maximum atomic E-state index is 12.4. The first-order chi connectivity index (χ1) is 13.7. The molecule has 2 amide bonds. The van der Waals surface area contributed by atoms with Crippen molar-refractivity contribution in [1.82, 2.24) is 30.4 Å². The van der Waals surface area contributed by atoms with E-state index in [9.17, 15) is 9.59 Å². The van der Waals surface area contributed by atoms with E-state index in [-0.39, 0.29) is 17.9 Å². The average molecular weight is 389 g/mol. The SMILES string of the molecule is CN=C(NCCNC(=O)c1cnccn1)N1CCN(C(=O)C2CCCO2)CC1. The third-order valence-corrected chi connectivity index (χ3v) is 4.80. The molecule has 28 heavy (non-hydrogen) atoms. The summed E-state index contributed by atoms with van der Waals surface area (Å²) in [5.74, 6) is 0.607. The number of nitrogens with one attached hydrogen (secondary N) is 2. The molecule has 2 saturated heterocycles. The minimum Gasteiger partial charge on any atom is -0.368 e. The number of carbonyl (C=O) groups excluding carboxylic acids is 2. The third kappa shape index (κ3) is 5.16. The first kappa shape index (κ1) is 20.0. The number of ether oxygens (including phenoxy) is 1. The summed E-state index contributed by atoms with van der Waals surface area (Å²) in [6, 6.07) is 0. The van der Waals surface area contributed by atoms with Crippen molar-refractivity contribution in [2.24, 2.45) is 4.99 Å². The van der Waals surface area contributed by atoms with Gasteiger partial charge in [0.25, 0.3) is 11.8 Å². The summed E-state index contributed by atoms with van der Waals surface area (Å²) in [4.78, 5) is 40.5. The Hall–Kier alpha value is -2.75. The summed E-state index contributed by atoms with van der Waals surface area (Å²) in [6.45, 7) is 4.39. The molecule has 0 aromatic carbocycles. The van der Waals surface area contributed by atoms with Gasteiger partial charge in [0.05, 0.1) is 6.20 Å². The van der Waals surface area contributed by atoms with E-state index in [0.717, 1.165) is 18.8 Å². The van der Waals surface area contributed by atoms with Crippen LogP contribution in [-0.4, -0.2) is 96.6 Å². The maximum absolute atomic E-state index is 12.4. The number of aliphatic imine (C=N–C) groups is 1. The van der Waals surface area contributed by atoms with Crippen LogP contribution in [-0.2, 0) is 9.53 Å². The van der Waals surface area contributed by atoms with E-state index in [0.29, 0.717) is 51.6 Å². The van der Waals surface area contributed by atoms with Crippen molar-refractivity contribution in [3.05, 3.63) is 24.3 Å². The minimum absolute atomic E-state index is 0.104. The van der Waals surface area contributed by atoms with Crippen molar-refractivity contribution in [2.45, 2.75) is 18.9 Å². The molecule has 3 rings (SSSR count). The van der Waals surface area contributed by atoms with Gasteiger partial charge in [-0.2, -0.15) is 0 Å². The fourth-order valence-corrected chi connectivity index (χ4v) is 3.30. The molecule has 3 heterocycles. The first-order valence-corrected chi connectivity index (χ1v) is 9.59. The van der Waals surface area contributed by atoms with Crippen LogP contribution in [0.3, 0.4) is 0 Å². The Balaban J connectivity index is 1.37. The maximum Gasteiger partial charge on any atom is 0.271 e. The number of nitrogens with zero attached hydrogens (tertiary/aromatic N) is 5. The van der Waals surface area contributed by atoms with Crippen molar-refractivity contribution in [3.8, 4) is 0 Å². The Labute approximate surface area is 164 Å². The molecule has 10 heteroatoms. The summed E-state index contributed by atoms with van der Waals surface area (Å²) in [7, 11) is 1.73. The van der Waals surface area contributed by atoms with E-state index in [2.05, 4.69) is 30.5 Å². The molecule has 1 aromatic rings. The molecule has 0 saturated carbocycles. The van der Waals surface area contributed by atoms with Crippen molar-refractivity contribution < 1.29 is 14.3 Å². The topological polar surface area (TPSA) is 112 Å². The van der Waals surface area contributed by atoms with Crippen LogP contribution < -0.4 is 10.6 Å². The molecule has 0 radical (unpaired) electrons. The highest BCUT2D eigenvalue weighted by Gasteiger charge is 2.30. The lowest BCUT2D eigenvalue weighted by Crippen LogP contribution is -2.55. The first-order valence-electron chi connectivity index (χ1n) is 9.59. The van der Waals surface area contributed by atoms with E-state index in [1.807, 2.05) is 4.90 Å². The monoisotopic (exact) mass is 389 g/mol. The molecule has 0 spiro atoms. The fraction of sp³-hybridized carbons (Fsp3) is 0.611. The van der Waals surface area contributed by atoms with Gasteiger partial charge in [-0.05, 0) is 12.8 Å². The van der Waals surface area contributed by atoms with Gasteiger partial charge in [0.15, 0.2) is 5.96 Å². The van der Waals surface area contributed by atoms with Crippen LogP contribution in [0.25, 0.3) is 0 Å². The molecule has 2 aliphatic heterocycles. The summed E-state index contributed by atoms with van der Waals surface area (Å²) >= 11 is 0. The van der Waals surface area contributed by atoms with Crippen molar-refractivity contribution in [1.29, 1.82) is 0 Å². The number of piperazine rings is 1. The van der Waals surface area contributed by atoms with E-state index in [1.165, 1.54) is 18.6 Å². The molecule has 0 aliphatic carbocycles. The standard InChI is InChI=1S/C18H27N7O3/c1-19-18(23-7-6-22-16(26)14-13-20-4-5-21-14)25-10-8-24(9-11-25)17(27)15-3-2-12-28-15/h4-5,13,15H,2-3,6-12H2,1H3,(H,19,23)(H,22,26). The smallest absolute Gasteiger partial charge is 0.271 e. The highest BCUT2D eigenvalue weighted by atomic mass is 16.5. The Kier molecular flexibility index (Phi) is 7.12.